The topological polar surface area (TPSA) is 134 Å². The standard InChI is InChI=1S/C23H30F3N3O4.C2HF3O2/c1-22(2,32-3)13-27-12-18-19(21(31)28-16-8-10-17(30)11-9-16)29-33-20(18)14-4-6-15(7-5-14)23(24,25)26;3-2(4,5)1(6)7/h4-7,16-17,27,30H,8-13H2,1-3H3,(H,28,31);(H,6,7). The van der Waals surface area contributed by atoms with Gasteiger partial charge in [-0.3, -0.25) is 4.79 Å². The van der Waals surface area contributed by atoms with E-state index >= 15 is 0 Å². The predicted molar refractivity (Wildman–Crippen MR) is 129 cm³/mol. The molecule has 1 aliphatic carbocycles. The number of hydrogen-bond acceptors (Lipinski definition) is 7. The Morgan fingerprint density at radius 3 is 2.08 bits per heavy atom. The summed E-state index contributed by atoms with van der Waals surface area (Å²) in [6.07, 6.45) is -7.34. The molecule has 1 heterocycles. The molecule has 0 aliphatic heterocycles. The Labute approximate surface area is 225 Å². The summed E-state index contributed by atoms with van der Waals surface area (Å²) < 4.78 is 81.4. The van der Waals surface area contributed by atoms with Crippen molar-refractivity contribution >= 4 is 11.9 Å². The number of hydrogen-bond donors (Lipinski definition) is 4. The maximum Gasteiger partial charge on any atom is 0.490 e. The molecule has 2 aromatic rings. The van der Waals surface area contributed by atoms with Crippen LogP contribution in [0.4, 0.5) is 26.3 Å². The van der Waals surface area contributed by atoms with Gasteiger partial charge in [0, 0.05) is 37.4 Å². The van der Waals surface area contributed by atoms with Gasteiger partial charge in [0.25, 0.3) is 5.91 Å². The second kappa shape index (κ2) is 13.5. The van der Waals surface area contributed by atoms with Crippen LogP contribution in [0.5, 0.6) is 0 Å². The van der Waals surface area contributed by atoms with E-state index in [1.165, 1.54) is 12.1 Å². The number of nitrogens with one attached hydrogen (secondary N) is 2. The number of methoxy groups -OCH3 is 1. The lowest BCUT2D eigenvalue weighted by molar-refractivity contribution is -0.192. The van der Waals surface area contributed by atoms with Crippen LogP contribution in [0, 0.1) is 0 Å². The lowest BCUT2D eigenvalue weighted by Gasteiger charge is -2.26. The van der Waals surface area contributed by atoms with Crippen LogP contribution in [-0.2, 0) is 22.3 Å². The first-order valence-corrected chi connectivity index (χ1v) is 12.2. The van der Waals surface area contributed by atoms with E-state index in [1.54, 1.807) is 7.11 Å². The Balaban J connectivity index is 0.000000708. The first-order chi connectivity index (χ1) is 18.4. The quantitative estimate of drug-likeness (QED) is 0.333. The average Bonchev–Trinajstić information content (AvgIpc) is 3.28. The molecule has 0 spiro atoms. The number of aromatic nitrogens is 1. The summed E-state index contributed by atoms with van der Waals surface area (Å²) in [7, 11) is 1.59. The Hall–Kier alpha value is -3.17. The van der Waals surface area contributed by atoms with Gasteiger partial charge in [-0.25, -0.2) is 4.79 Å². The Morgan fingerprint density at radius 1 is 1.05 bits per heavy atom. The number of carbonyl (C=O) groups is 2. The Morgan fingerprint density at radius 2 is 1.60 bits per heavy atom. The number of amides is 1. The molecule has 0 atom stereocenters. The van der Waals surface area contributed by atoms with Gasteiger partial charge in [0.05, 0.1) is 17.3 Å². The fraction of sp³-hybridized carbons (Fsp3) is 0.560. The normalized spacial score (nSPS) is 18.1. The maximum absolute atomic E-state index is 13.0. The van der Waals surface area contributed by atoms with E-state index in [0.717, 1.165) is 12.1 Å². The molecule has 0 unspecified atom stereocenters. The monoisotopic (exact) mass is 583 g/mol. The van der Waals surface area contributed by atoms with Crippen molar-refractivity contribution in [2.24, 2.45) is 0 Å². The summed E-state index contributed by atoms with van der Waals surface area (Å²) in [6, 6.07) is 4.46. The molecular formula is C25H31F6N3O6. The van der Waals surface area contributed by atoms with Gasteiger partial charge in [-0.15, -0.1) is 0 Å². The number of rotatable bonds is 8. The summed E-state index contributed by atoms with van der Waals surface area (Å²) in [5.74, 6) is -2.94. The van der Waals surface area contributed by atoms with Gasteiger partial charge in [0.15, 0.2) is 11.5 Å². The molecule has 0 saturated heterocycles. The molecule has 1 amide bonds. The van der Waals surface area contributed by atoms with Crippen molar-refractivity contribution in [2.75, 3.05) is 13.7 Å². The summed E-state index contributed by atoms with van der Waals surface area (Å²) in [5.41, 5.74) is -0.312. The number of alkyl halides is 6. The minimum Gasteiger partial charge on any atom is -0.475 e. The van der Waals surface area contributed by atoms with E-state index < -0.39 is 35.4 Å². The lowest BCUT2D eigenvalue weighted by atomic mass is 9.93. The van der Waals surface area contributed by atoms with Crippen LogP contribution in [0.2, 0.25) is 0 Å². The van der Waals surface area contributed by atoms with Crippen LogP contribution in [0.25, 0.3) is 11.3 Å². The van der Waals surface area contributed by atoms with Crippen molar-refractivity contribution in [1.29, 1.82) is 0 Å². The second-order valence-corrected chi connectivity index (χ2v) is 9.76. The van der Waals surface area contributed by atoms with E-state index in [0.29, 0.717) is 43.4 Å². The number of halogens is 6. The molecule has 0 bridgehead atoms. The molecule has 0 radical (unpaired) electrons. The number of aliphatic hydroxyl groups excluding tert-OH is 1. The number of carboxylic acid groups (broad SMARTS) is 1. The first kappa shape index (κ1) is 33.0. The third kappa shape index (κ3) is 9.78. The third-order valence-electron chi connectivity index (χ3n) is 6.16. The van der Waals surface area contributed by atoms with E-state index in [1.807, 2.05) is 13.8 Å². The Kier molecular flexibility index (Phi) is 11.1. The fourth-order valence-corrected chi connectivity index (χ4v) is 3.72. The van der Waals surface area contributed by atoms with Gasteiger partial charge < -0.3 is 30.1 Å². The number of benzene rings is 1. The molecule has 1 aromatic heterocycles. The van der Waals surface area contributed by atoms with Crippen LogP contribution in [0.1, 0.15) is 61.1 Å². The highest BCUT2D eigenvalue weighted by atomic mass is 19.4. The summed E-state index contributed by atoms with van der Waals surface area (Å²) in [5, 5.41) is 26.9. The van der Waals surface area contributed by atoms with Gasteiger partial charge >= 0.3 is 18.3 Å². The minimum atomic E-state index is -5.08. The molecule has 15 heteroatoms. The number of carboxylic acids is 1. The van der Waals surface area contributed by atoms with E-state index in [9.17, 15) is 36.2 Å². The van der Waals surface area contributed by atoms with Crippen LogP contribution in [-0.4, -0.2) is 64.8 Å². The highest BCUT2D eigenvalue weighted by Crippen LogP contribution is 2.33. The highest BCUT2D eigenvalue weighted by molar-refractivity contribution is 5.95. The summed E-state index contributed by atoms with van der Waals surface area (Å²) in [4.78, 5) is 21.9. The molecule has 40 heavy (non-hydrogen) atoms. The third-order valence-corrected chi connectivity index (χ3v) is 6.16. The van der Waals surface area contributed by atoms with E-state index in [2.05, 4.69) is 15.8 Å². The molecule has 1 aromatic carbocycles. The van der Waals surface area contributed by atoms with Crippen molar-refractivity contribution in [1.82, 2.24) is 15.8 Å². The molecular weight excluding hydrogens is 552 g/mol. The first-order valence-electron chi connectivity index (χ1n) is 12.2. The molecule has 4 N–H and O–H groups in total. The molecule has 9 nitrogen and oxygen atoms in total. The van der Waals surface area contributed by atoms with Gasteiger partial charge in [0.1, 0.15) is 0 Å². The van der Waals surface area contributed by atoms with Crippen LogP contribution in [0.3, 0.4) is 0 Å². The molecule has 224 valence electrons. The number of aliphatic hydroxyl groups is 1. The smallest absolute Gasteiger partial charge is 0.475 e. The largest absolute Gasteiger partial charge is 0.490 e. The predicted octanol–water partition coefficient (Wildman–Crippen LogP) is 4.54. The van der Waals surface area contributed by atoms with Crippen molar-refractivity contribution in [3.05, 3.63) is 41.1 Å². The van der Waals surface area contributed by atoms with Crippen LogP contribution >= 0.6 is 0 Å². The van der Waals surface area contributed by atoms with Crippen molar-refractivity contribution < 1.29 is 55.4 Å². The van der Waals surface area contributed by atoms with E-state index in [4.69, 9.17) is 19.2 Å². The average molecular weight is 584 g/mol. The van der Waals surface area contributed by atoms with E-state index in [-0.39, 0.29) is 30.1 Å². The SMILES string of the molecule is COC(C)(C)CNCc1c(C(=O)NC2CCC(O)CC2)noc1-c1ccc(C(F)(F)F)cc1.O=C(O)C(F)(F)F. The fourth-order valence-electron chi connectivity index (χ4n) is 3.72. The molecule has 1 aliphatic rings. The highest BCUT2D eigenvalue weighted by Gasteiger charge is 2.38. The van der Waals surface area contributed by atoms with Gasteiger partial charge in [-0.2, -0.15) is 26.3 Å². The van der Waals surface area contributed by atoms with Gasteiger partial charge in [-0.05, 0) is 51.7 Å². The number of nitrogens with zero attached hydrogens (tertiary/aromatic N) is 1. The molecule has 1 fully saturated rings. The van der Waals surface area contributed by atoms with Crippen molar-refractivity contribution in [3.63, 3.8) is 0 Å². The van der Waals surface area contributed by atoms with Crippen LogP contribution < -0.4 is 10.6 Å². The van der Waals surface area contributed by atoms with Gasteiger partial charge in [0.2, 0.25) is 0 Å². The summed E-state index contributed by atoms with van der Waals surface area (Å²) in [6.45, 7) is 4.46. The van der Waals surface area contributed by atoms with Crippen molar-refractivity contribution in [2.45, 2.75) is 76.2 Å². The number of ether oxygens (including phenoxy) is 1. The second-order valence-electron chi connectivity index (χ2n) is 9.76. The van der Waals surface area contributed by atoms with Gasteiger partial charge in [-0.1, -0.05) is 17.3 Å². The zero-order valence-electron chi connectivity index (χ0n) is 21.9. The van der Waals surface area contributed by atoms with Crippen molar-refractivity contribution in [3.8, 4) is 11.3 Å². The summed E-state index contributed by atoms with van der Waals surface area (Å²) >= 11 is 0. The van der Waals surface area contributed by atoms with Crippen LogP contribution in [0.15, 0.2) is 28.8 Å². The Bertz CT molecular complexity index is 1120. The zero-order chi connectivity index (χ0) is 30.3. The number of aliphatic carboxylic acids is 1. The molecule has 3 rings (SSSR count). The minimum absolute atomic E-state index is 0.0822. The lowest BCUT2D eigenvalue weighted by Crippen LogP contribution is -2.39. The molecule has 1 saturated carbocycles. The number of carbonyl (C=O) groups excluding carboxylic acids is 1. The maximum atomic E-state index is 13.0. The zero-order valence-corrected chi connectivity index (χ0v) is 21.9.